The van der Waals surface area contributed by atoms with E-state index in [0.29, 0.717) is 43.7 Å². The van der Waals surface area contributed by atoms with Gasteiger partial charge in [-0.1, -0.05) is 11.6 Å². The minimum atomic E-state index is -3.00. The fourth-order valence-electron chi connectivity index (χ4n) is 4.48. The lowest BCUT2D eigenvalue weighted by Crippen LogP contribution is -2.37. The standard InChI is InChI=1S/C23H21ClF3N5O3/c24-20-16(11-29-32(23(20)34)19-3-1-2-8-35-19)30-6-7-31-17(10-28-18(31)12-30)21(33)14-5-4-13(25)9-15(14)22(26)27/h4-5,9-11,19,22H,1-3,6-8,12H2. The first kappa shape index (κ1) is 23.6. The van der Waals surface area contributed by atoms with Gasteiger partial charge >= 0.3 is 0 Å². The van der Waals surface area contributed by atoms with Crippen LogP contribution in [0.2, 0.25) is 5.02 Å². The molecule has 0 saturated carbocycles. The number of carbonyl (C=O) groups excluding carboxylic acids is 1. The molecule has 0 N–H and O–H groups in total. The number of halogens is 4. The number of ether oxygens (including phenoxy) is 1. The Kier molecular flexibility index (Phi) is 6.37. The van der Waals surface area contributed by atoms with Crippen LogP contribution in [0.25, 0.3) is 0 Å². The maximum Gasteiger partial charge on any atom is 0.290 e. The van der Waals surface area contributed by atoms with E-state index < -0.39 is 35.4 Å². The second-order valence-electron chi connectivity index (χ2n) is 8.41. The fraction of sp³-hybridized carbons (Fsp3) is 0.391. The van der Waals surface area contributed by atoms with Gasteiger partial charge in [0.05, 0.1) is 24.6 Å². The van der Waals surface area contributed by atoms with E-state index in [4.69, 9.17) is 16.3 Å². The summed E-state index contributed by atoms with van der Waals surface area (Å²) in [4.78, 5) is 32.0. The van der Waals surface area contributed by atoms with E-state index in [2.05, 4.69) is 10.1 Å². The molecular formula is C23H21ClF3N5O3. The summed E-state index contributed by atoms with van der Waals surface area (Å²) in [5.41, 5.74) is -0.820. The third-order valence-electron chi connectivity index (χ3n) is 6.28. The highest BCUT2D eigenvalue weighted by molar-refractivity contribution is 6.33. The van der Waals surface area contributed by atoms with Gasteiger partial charge in [0.2, 0.25) is 5.78 Å². The van der Waals surface area contributed by atoms with Gasteiger partial charge in [-0.15, -0.1) is 0 Å². The molecule has 1 fully saturated rings. The predicted molar refractivity (Wildman–Crippen MR) is 120 cm³/mol. The van der Waals surface area contributed by atoms with Crippen molar-refractivity contribution in [3.8, 4) is 0 Å². The van der Waals surface area contributed by atoms with E-state index in [-0.39, 0.29) is 22.8 Å². The summed E-state index contributed by atoms with van der Waals surface area (Å²) in [7, 11) is 0. The summed E-state index contributed by atoms with van der Waals surface area (Å²) in [6.45, 7) is 1.46. The topological polar surface area (TPSA) is 82.2 Å². The molecule has 0 radical (unpaired) electrons. The molecular weight excluding hydrogens is 487 g/mol. The molecule has 0 bridgehead atoms. The highest BCUT2D eigenvalue weighted by Crippen LogP contribution is 2.30. The molecule has 1 saturated heterocycles. The second kappa shape index (κ2) is 9.46. The average molecular weight is 508 g/mol. The molecule has 2 aliphatic rings. The lowest BCUT2D eigenvalue weighted by atomic mass is 10.0. The number of fused-ring (bicyclic) bond motifs is 1. The van der Waals surface area contributed by atoms with Crippen LogP contribution in [0.1, 0.15) is 59.4 Å². The van der Waals surface area contributed by atoms with E-state index in [1.165, 1.54) is 17.1 Å². The van der Waals surface area contributed by atoms with Crippen molar-refractivity contribution in [1.29, 1.82) is 0 Å². The van der Waals surface area contributed by atoms with Crippen molar-refractivity contribution in [3.63, 3.8) is 0 Å². The molecule has 0 amide bonds. The third kappa shape index (κ3) is 4.34. The number of hydrogen-bond acceptors (Lipinski definition) is 6. The van der Waals surface area contributed by atoms with E-state index in [9.17, 15) is 22.8 Å². The molecule has 1 aromatic carbocycles. The quantitative estimate of drug-likeness (QED) is 0.483. The maximum absolute atomic E-state index is 13.5. The smallest absolute Gasteiger partial charge is 0.290 e. The number of anilines is 1. The lowest BCUT2D eigenvalue weighted by molar-refractivity contribution is -0.0424. The monoisotopic (exact) mass is 507 g/mol. The third-order valence-corrected chi connectivity index (χ3v) is 6.64. The maximum atomic E-state index is 13.5. The zero-order chi connectivity index (χ0) is 24.7. The number of carbonyl (C=O) groups is 1. The zero-order valence-electron chi connectivity index (χ0n) is 18.5. The second-order valence-corrected chi connectivity index (χ2v) is 8.79. The Morgan fingerprint density at radius 2 is 2.03 bits per heavy atom. The largest absolute Gasteiger partial charge is 0.360 e. The minimum Gasteiger partial charge on any atom is -0.360 e. The number of ketones is 1. The van der Waals surface area contributed by atoms with E-state index in [0.717, 1.165) is 25.0 Å². The number of rotatable bonds is 5. The summed E-state index contributed by atoms with van der Waals surface area (Å²) >= 11 is 6.42. The molecule has 5 rings (SSSR count). The molecule has 0 aliphatic carbocycles. The summed E-state index contributed by atoms with van der Waals surface area (Å²) in [6.07, 6.45) is 1.94. The van der Waals surface area contributed by atoms with Crippen molar-refractivity contribution in [2.75, 3.05) is 18.1 Å². The average Bonchev–Trinajstić information content (AvgIpc) is 3.29. The van der Waals surface area contributed by atoms with Crippen LogP contribution >= 0.6 is 11.6 Å². The SMILES string of the molecule is O=C(c1ccc(F)cc1C(F)F)c1cnc2n1CCN(c1cnn(C3CCCCO3)c(=O)c1Cl)C2. The predicted octanol–water partition coefficient (Wildman–Crippen LogP) is 4.12. The van der Waals surface area contributed by atoms with Gasteiger partial charge in [-0.05, 0) is 37.5 Å². The Balaban J connectivity index is 1.40. The van der Waals surface area contributed by atoms with Crippen LogP contribution in [0.15, 0.2) is 35.4 Å². The van der Waals surface area contributed by atoms with Crippen molar-refractivity contribution in [2.24, 2.45) is 0 Å². The highest BCUT2D eigenvalue weighted by atomic mass is 35.5. The van der Waals surface area contributed by atoms with Gasteiger partial charge in [0.1, 0.15) is 22.4 Å². The van der Waals surface area contributed by atoms with Crippen LogP contribution in [-0.4, -0.2) is 38.3 Å². The first-order valence-electron chi connectivity index (χ1n) is 11.2. The molecule has 2 aliphatic heterocycles. The van der Waals surface area contributed by atoms with Gasteiger partial charge in [-0.25, -0.2) is 18.2 Å². The number of alkyl halides is 2. The Morgan fingerprint density at radius 1 is 1.20 bits per heavy atom. The zero-order valence-corrected chi connectivity index (χ0v) is 19.2. The van der Waals surface area contributed by atoms with Crippen molar-refractivity contribution in [3.05, 3.63) is 74.4 Å². The van der Waals surface area contributed by atoms with Crippen LogP contribution in [0, 0.1) is 5.82 Å². The van der Waals surface area contributed by atoms with Gasteiger partial charge in [-0.3, -0.25) is 9.59 Å². The lowest BCUT2D eigenvalue weighted by Gasteiger charge is -2.31. The van der Waals surface area contributed by atoms with Crippen molar-refractivity contribution in [2.45, 2.75) is 45.0 Å². The van der Waals surface area contributed by atoms with E-state index in [1.54, 1.807) is 4.57 Å². The van der Waals surface area contributed by atoms with Crippen LogP contribution in [-0.2, 0) is 17.8 Å². The van der Waals surface area contributed by atoms with Gasteiger partial charge in [0, 0.05) is 30.8 Å². The molecule has 184 valence electrons. The number of imidazole rings is 1. The molecule has 35 heavy (non-hydrogen) atoms. The number of benzene rings is 1. The summed E-state index contributed by atoms with van der Waals surface area (Å²) < 4.78 is 48.8. The molecule has 2 aromatic heterocycles. The summed E-state index contributed by atoms with van der Waals surface area (Å²) in [5, 5.41) is 4.28. The molecule has 3 aromatic rings. The Hall–Kier alpha value is -3.18. The van der Waals surface area contributed by atoms with Gasteiger partial charge < -0.3 is 14.2 Å². The van der Waals surface area contributed by atoms with Gasteiger partial charge in [0.15, 0.2) is 6.23 Å². The molecule has 12 heteroatoms. The summed E-state index contributed by atoms with van der Waals surface area (Å²) in [6, 6.07) is 2.71. The summed E-state index contributed by atoms with van der Waals surface area (Å²) in [5.74, 6) is -1.01. The Bertz CT molecular complexity index is 1340. The van der Waals surface area contributed by atoms with Crippen molar-refractivity contribution >= 4 is 23.1 Å². The number of nitrogens with zero attached hydrogens (tertiary/aromatic N) is 5. The van der Waals surface area contributed by atoms with Crippen molar-refractivity contribution < 1.29 is 22.7 Å². The molecule has 8 nitrogen and oxygen atoms in total. The van der Waals surface area contributed by atoms with Crippen LogP contribution in [0.4, 0.5) is 18.9 Å². The first-order valence-corrected chi connectivity index (χ1v) is 11.5. The van der Waals surface area contributed by atoms with E-state index in [1.807, 2.05) is 4.90 Å². The van der Waals surface area contributed by atoms with Crippen LogP contribution in [0.5, 0.6) is 0 Å². The first-order chi connectivity index (χ1) is 16.8. The van der Waals surface area contributed by atoms with Crippen LogP contribution in [0.3, 0.4) is 0 Å². The molecule has 4 heterocycles. The minimum absolute atomic E-state index is 0.0124. The van der Waals surface area contributed by atoms with Crippen molar-refractivity contribution in [1.82, 2.24) is 19.3 Å². The Morgan fingerprint density at radius 3 is 2.77 bits per heavy atom. The van der Waals surface area contributed by atoms with Crippen LogP contribution < -0.4 is 10.5 Å². The fourth-order valence-corrected chi connectivity index (χ4v) is 4.74. The molecule has 0 spiro atoms. The molecule has 1 atom stereocenters. The molecule has 1 unspecified atom stereocenters. The van der Waals surface area contributed by atoms with Gasteiger partial charge in [-0.2, -0.15) is 9.78 Å². The highest BCUT2D eigenvalue weighted by Gasteiger charge is 2.29. The number of hydrogen-bond donors (Lipinski definition) is 0. The Labute approximate surface area is 202 Å². The van der Waals surface area contributed by atoms with E-state index >= 15 is 0 Å². The van der Waals surface area contributed by atoms with Gasteiger partial charge in [0.25, 0.3) is 12.0 Å². The normalized spacial score (nSPS) is 18.1. The number of aromatic nitrogens is 4.